The van der Waals surface area contributed by atoms with Crippen molar-refractivity contribution >= 4 is 13.9 Å². The van der Waals surface area contributed by atoms with Gasteiger partial charge in [0.2, 0.25) is 0 Å². The van der Waals surface area contributed by atoms with Crippen LogP contribution in [0.3, 0.4) is 0 Å². The smallest absolute Gasteiger partial charge is 0.324 e. The van der Waals surface area contributed by atoms with Crippen LogP contribution in [0.15, 0.2) is 0 Å². The molecule has 0 aromatic rings. The summed E-state index contributed by atoms with van der Waals surface area (Å²) in [6, 6.07) is 0. The van der Waals surface area contributed by atoms with E-state index in [4.69, 9.17) is 14.6 Å². The van der Waals surface area contributed by atoms with Gasteiger partial charge in [-0.3, -0.25) is 4.57 Å². The van der Waals surface area contributed by atoms with Crippen molar-refractivity contribution in [2.45, 2.75) is 6.92 Å². The molecule has 0 bridgehead atoms. The molecule has 0 aliphatic rings. The summed E-state index contributed by atoms with van der Waals surface area (Å²) in [6.07, 6.45) is 0.188. The number of carbonyl (C=O) groups excluding carboxylic acids is 1. The second-order valence-electron chi connectivity index (χ2n) is 1.08. The van der Waals surface area contributed by atoms with Gasteiger partial charge in [-0.2, -0.15) is 0 Å². The molecular weight excluding hydrogens is 145 g/mol. The van der Waals surface area contributed by atoms with E-state index in [2.05, 4.69) is 5.73 Å². The van der Waals surface area contributed by atoms with Gasteiger partial charge in [0, 0.05) is 0 Å². The van der Waals surface area contributed by atoms with Crippen LogP contribution < -0.4 is 5.73 Å². The Morgan fingerprint density at radius 1 is 1.67 bits per heavy atom. The third-order valence-electron chi connectivity index (χ3n) is 0.238. The molecule has 5 nitrogen and oxygen atoms in total. The number of carbonyl (C=O) groups is 1. The van der Waals surface area contributed by atoms with Crippen molar-refractivity contribution in [3.63, 3.8) is 0 Å². The Kier molecular flexibility index (Phi) is 7.59. The van der Waals surface area contributed by atoms with Crippen molar-refractivity contribution < 1.29 is 19.1 Å². The van der Waals surface area contributed by atoms with Crippen molar-refractivity contribution in [2.75, 3.05) is 6.29 Å². The fraction of sp³-hybridized carbons (Fsp3) is 0.667. The average Bonchev–Trinajstić information content (AvgIpc) is 1.67. The van der Waals surface area contributed by atoms with E-state index >= 15 is 0 Å². The molecule has 0 spiro atoms. The zero-order chi connectivity index (χ0) is 7.91. The van der Waals surface area contributed by atoms with Gasteiger partial charge >= 0.3 is 7.60 Å². The van der Waals surface area contributed by atoms with Crippen LogP contribution in [0, 0.1) is 0 Å². The largest absolute Gasteiger partial charge is 0.338 e. The maximum Gasteiger partial charge on any atom is 0.338 e. The van der Waals surface area contributed by atoms with Crippen LogP contribution in [0.25, 0.3) is 0 Å². The lowest BCUT2D eigenvalue weighted by molar-refractivity contribution is -0.106. The molecule has 0 unspecified atom stereocenters. The van der Waals surface area contributed by atoms with Crippen molar-refractivity contribution in [3.05, 3.63) is 0 Å². The molecule has 0 atom stereocenters. The Morgan fingerprint density at radius 2 is 1.78 bits per heavy atom. The minimum atomic E-state index is -3.87. The molecule has 6 heteroatoms. The Balaban J connectivity index is 0. The normalized spacial score (nSPS) is 9.33. The van der Waals surface area contributed by atoms with Crippen LogP contribution in [0.1, 0.15) is 6.92 Å². The first-order chi connectivity index (χ1) is 3.97. The molecule has 0 radical (unpaired) electrons. The summed E-state index contributed by atoms with van der Waals surface area (Å²) >= 11 is 0. The van der Waals surface area contributed by atoms with Gasteiger partial charge in [0.1, 0.15) is 6.29 Å². The van der Waals surface area contributed by atoms with E-state index < -0.39 is 13.9 Å². The molecule has 0 amide bonds. The number of rotatable bonds is 1. The highest BCUT2D eigenvalue weighted by molar-refractivity contribution is 7.51. The van der Waals surface area contributed by atoms with Crippen LogP contribution >= 0.6 is 7.60 Å². The summed E-state index contributed by atoms with van der Waals surface area (Å²) in [5, 5.41) is 0. The average molecular weight is 155 g/mol. The third-order valence-corrected chi connectivity index (χ3v) is 0.714. The van der Waals surface area contributed by atoms with E-state index in [1.165, 1.54) is 6.92 Å². The van der Waals surface area contributed by atoms with Gasteiger partial charge in [-0.25, -0.2) is 0 Å². The first-order valence-electron chi connectivity index (χ1n) is 2.12. The van der Waals surface area contributed by atoms with Gasteiger partial charge in [-0.1, -0.05) is 0 Å². The van der Waals surface area contributed by atoms with Crippen molar-refractivity contribution in [3.8, 4) is 0 Å². The van der Waals surface area contributed by atoms with Crippen LogP contribution in [0.4, 0.5) is 0 Å². The van der Waals surface area contributed by atoms with Crippen LogP contribution in [0.5, 0.6) is 0 Å². The van der Waals surface area contributed by atoms with Gasteiger partial charge in [0.15, 0.2) is 0 Å². The Morgan fingerprint density at radius 3 is 1.78 bits per heavy atom. The SMILES string of the molecule is CC=O.NCP(=O)(O)O. The molecular formula is C3H10NO4P. The van der Waals surface area contributed by atoms with Crippen molar-refractivity contribution in [2.24, 2.45) is 5.73 Å². The van der Waals surface area contributed by atoms with Gasteiger partial charge in [0.05, 0.1) is 6.29 Å². The summed E-state index contributed by atoms with van der Waals surface area (Å²) in [5.74, 6) is 0. The standard InChI is InChI=1S/C2H4O.CH6NO3P/c1-2-3;2-1-6(3,4)5/h2H,1H3;1-2H2,(H2,3,4,5). The molecule has 0 aromatic heterocycles. The Labute approximate surface area is 53.0 Å². The molecule has 0 aromatic carbocycles. The fourth-order valence-corrected chi connectivity index (χ4v) is 0. The van der Waals surface area contributed by atoms with Gasteiger partial charge in [0.25, 0.3) is 0 Å². The second-order valence-corrected chi connectivity index (χ2v) is 2.78. The van der Waals surface area contributed by atoms with E-state index in [1.54, 1.807) is 0 Å². The number of hydrogen-bond acceptors (Lipinski definition) is 3. The van der Waals surface area contributed by atoms with Crippen molar-refractivity contribution in [1.29, 1.82) is 0 Å². The van der Waals surface area contributed by atoms with Gasteiger partial charge in [-0.15, -0.1) is 0 Å². The number of aldehydes is 1. The number of hydrogen-bond donors (Lipinski definition) is 3. The zero-order valence-electron chi connectivity index (χ0n) is 5.02. The number of nitrogens with two attached hydrogens (primary N) is 1. The molecule has 0 rings (SSSR count). The summed E-state index contributed by atoms with van der Waals surface area (Å²) in [7, 11) is -3.87. The van der Waals surface area contributed by atoms with Crippen LogP contribution in [-0.2, 0) is 9.36 Å². The van der Waals surface area contributed by atoms with E-state index in [9.17, 15) is 4.57 Å². The lowest BCUT2D eigenvalue weighted by Gasteiger charge is -1.92. The maximum atomic E-state index is 9.57. The van der Waals surface area contributed by atoms with Crippen molar-refractivity contribution in [1.82, 2.24) is 0 Å². The highest BCUT2D eigenvalue weighted by Crippen LogP contribution is 2.30. The zero-order valence-corrected chi connectivity index (χ0v) is 5.91. The van der Waals surface area contributed by atoms with E-state index in [0.29, 0.717) is 0 Å². The molecule has 4 N–H and O–H groups in total. The quantitative estimate of drug-likeness (QED) is 0.343. The minimum absolute atomic E-state index is 0.562. The first-order valence-corrected chi connectivity index (χ1v) is 3.92. The lowest BCUT2D eigenvalue weighted by atomic mass is 11.0. The Bertz CT molecular complexity index is 108. The second kappa shape index (κ2) is 5.91. The molecule has 0 fully saturated rings. The summed E-state index contributed by atoms with van der Waals surface area (Å²) in [6.45, 7) is 1.44. The molecule has 0 heterocycles. The minimum Gasteiger partial charge on any atom is -0.324 e. The molecule has 0 saturated carbocycles. The summed E-state index contributed by atoms with van der Waals surface area (Å²) in [5.41, 5.74) is 4.54. The fourth-order valence-electron chi connectivity index (χ4n) is 0. The van der Waals surface area contributed by atoms with Gasteiger partial charge in [-0.05, 0) is 6.92 Å². The van der Waals surface area contributed by atoms with Crippen LogP contribution in [-0.4, -0.2) is 22.4 Å². The predicted molar refractivity (Wildman–Crippen MR) is 32.8 cm³/mol. The Hall–Kier alpha value is -0.220. The monoisotopic (exact) mass is 155 g/mol. The molecule has 0 aliphatic carbocycles. The highest BCUT2D eigenvalue weighted by atomic mass is 31.2. The summed E-state index contributed by atoms with van der Waals surface area (Å²) < 4.78 is 9.57. The lowest BCUT2D eigenvalue weighted by Crippen LogP contribution is -1.97. The molecule has 0 saturated heterocycles. The molecule has 0 aliphatic heterocycles. The maximum absolute atomic E-state index is 9.57. The molecule has 56 valence electrons. The topological polar surface area (TPSA) is 101 Å². The first kappa shape index (κ1) is 11.6. The summed E-state index contributed by atoms with van der Waals surface area (Å²) in [4.78, 5) is 24.4. The molecule has 9 heavy (non-hydrogen) atoms. The van der Waals surface area contributed by atoms with Gasteiger partial charge < -0.3 is 20.3 Å². The van der Waals surface area contributed by atoms with E-state index in [1.807, 2.05) is 0 Å². The highest BCUT2D eigenvalue weighted by Gasteiger charge is 2.05. The van der Waals surface area contributed by atoms with E-state index in [-0.39, 0.29) is 0 Å². The van der Waals surface area contributed by atoms with E-state index in [0.717, 1.165) is 6.29 Å². The third kappa shape index (κ3) is 33.6. The van der Waals surface area contributed by atoms with Crippen LogP contribution in [0.2, 0.25) is 0 Å². The predicted octanol–water partition coefficient (Wildman–Crippen LogP) is -0.714.